The fourth-order valence-electron chi connectivity index (χ4n) is 2.84. The fraction of sp³-hybridized carbons (Fsp3) is 0.857. The van der Waals surface area contributed by atoms with Crippen LogP contribution in [-0.4, -0.2) is 47.6 Å². The number of carbonyl (C=O) groups excluding carboxylic acids is 2. The number of hydrogen-bond acceptors (Lipinski definition) is 3. The smallest absolute Gasteiger partial charge is 0.246 e. The molecule has 0 saturated carbocycles. The maximum Gasteiger partial charge on any atom is 0.246 e. The molecule has 1 N–H and O–H groups in total. The summed E-state index contributed by atoms with van der Waals surface area (Å²) in [5.41, 5.74) is -0.303. The zero-order valence-corrected chi connectivity index (χ0v) is 12.2. The molecular formula is C14H24N2O3. The van der Waals surface area contributed by atoms with Gasteiger partial charge in [-0.2, -0.15) is 0 Å². The number of nitrogens with one attached hydrogen (secondary N) is 1. The third-order valence-corrected chi connectivity index (χ3v) is 4.17. The van der Waals surface area contributed by atoms with Crippen LogP contribution < -0.4 is 5.32 Å². The predicted molar refractivity (Wildman–Crippen MR) is 71.5 cm³/mol. The van der Waals surface area contributed by atoms with Crippen LogP contribution in [-0.2, 0) is 14.3 Å². The van der Waals surface area contributed by atoms with Crippen molar-refractivity contribution in [2.75, 3.05) is 13.2 Å². The molecule has 3 unspecified atom stereocenters. The van der Waals surface area contributed by atoms with Crippen molar-refractivity contribution in [3.8, 4) is 0 Å². The second-order valence-electron chi connectivity index (χ2n) is 6.27. The maximum atomic E-state index is 12.5. The normalized spacial score (nSPS) is 35.9. The molecule has 0 radical (unpaired) electrons. The first-order chi connectivity index (χ1) is 8.84. The highest BCUT2D eigenvalue weighted by atomic mass is 16.5. The summed E-state index contributed by atoms with van der Waals surface area (Å²) in [6.07, 6.45) is 1.96. The number of hydrogen-bond donors (Lipinski definition) is 1. The third kappa shape index (κ3) is 2.76. The lowest BCUT2D eigenvalue weighted by Crippen LogP contribution is -2.65. The molecule has 5 heteroatoms. The molecule has 0 spiro atoms. The molecular weight excluding hydrogens is 244 g/mol. The Balaban J connectivity index is 2.15. The number of carbonyl (C=O) groups is 2. The Morgan fingerprint density at radius 2 is 2.16 bits per heavy atom. The number of rotatable bonds is 3. The summed E-state index contributed by atoms with van der Waals surface area (Å²) in [6.45, 7) is 8.95. The van der Waals surface area contributed by atoms with Gasteiger partial charge in [-0.3, -0.25) is 9.59 Å². The highest BCUT2D eigenvalue weighted by Crippen LogP contribution is 2.28. The molecule has 108 valence electrons. The Hall–Kier alpha value is -1.10. The van der Waals surface area contributed by atoms with Crippen molar-refractivity contribution in [1.29, 1.82) is 0 Å². The van der Waals surface area contributed by atoms with E-state index in [2.05, 4.69) is 5.32 Å². The number of amides is 2. The Labute approximate surface area is 114 Å². The summed E-state index contributed by atoms with van der Waals surface area (Å²) in [4.78, 5) is 26.2. The lowest BCUT2D eigenvalue weighted by atomic mass is 9.95. The van der Waals surface area contributed by atoms with Crippen LogP contribution in [0.3, 0.4) is 0 Å². The van der Waals surface area contributed by atoms with E-state index in [9.17, 15) is 9.59 Å². The number of ether oxygens (including phenoxy) is 1. The lowest BCUT2D eigenvalue weighted by molar-refractivity contribution is -0.153. The topological polar surface area (TPSA) is 58.6 Å². The van der Waals surface area contributed by atoms with E-state index in [1.165, 1.54) is 0 Å². The van der Waals surface area contributed by atoms with Crippen LogP contribution in [0.15, 0.2) is 0 Å². The van der Waals surface area contributed by atoms with Crippen molar-refractivity contribution in [2.24, 2.45) is 5.92 Å². The van der Waals surface area contributed by atoms with E-state index in [-0.39, 0.29) is 23.3 Å². The summed E-state index contributed by atoms with van der Waals surface area (Å²) in [6, 6.07) is -0.822. The van der Waals surface area contributed by atoms with Gasteiger partial charge in [-0.1, -0.05) is 13.8 Å². The second kappa shape index (κ2) is 5.12. The van der Waals surface area contributed by atoms with Gasteiger partial charge in [-0.05, 0) is 32.6 Å². The molecule has 0 aliphatic carbocycles. The molecule has 0 bridgehead atoms. The molecule has 19 heavy (non-hydrogen) atoms. The highest BCUT2D eigenvalue weighted by molar-refractivity contribution is 5.96. The monoisotopic (exact) mass is 268 g/mol. The molecule has 2 heterocycles. The average molecular weight is 268 g/mol. The molecule has 0 aromatic rings. The van der Waals surface area contributed by atoms with Gasteiger partial charge < -0.3 is 15.0 Å². The van der Waals surface area contributed by atoms with E-state index in [4.69, 9.17) is 4.74 Å². The zero-order chi connectivity index (χ0) is 14.2. The van der Waals surface area contributed by atoms with E-state index in [1.54, 1.807) is 11.8 Å². The van der Waals surface area contributed by atoms with Crippen LogP contribution in [0.1, 0.15) is 40.5 Å². The van der Waals surface area contributed by atoms with Gasteiger partial charge in [0, 0.05) is 6.61 Å². The SMILES string of the molecule is CC(C)C1NC(=O)C(C)N(CC2(C)CCCO2)C1=O. The summed E-state index contributed by atoms with van der Waals surface area (Å²) in [7, 11) is 0. The first kappa shape index (κ1) is 14.3. The van der Waals surface area contributed by atoms with Crippen LogP contribution in [0, 0.1) is 5.92 Å². The van der Waals surface area contributed by atoms with E-state index in [0.717, 1.165) is 19.4 Å². The summed E-state index contributed by atoms with van der Waals surface area (Å²) < 4.78 is 5.75. The summed E-state index contributed by atoms with van der Waals surface area (Å²) in [5.74, 6) is 0.0440. The fourth-order valence-corrected chi connectivity index (χ4v) is 2.84. The van der Waals surface area contributed by atoms with E-state index >= 15 is 0 Å². The minimum absolute atomic E-state index is 0.0128. The molecule has 0 aromatic carbocycles. The Morgan fingerprint density at radius 1 is 1.47 bits per heavy atom. The van der Waals surface area contributed by atoms with Gasteiger partial charge in [0.25, 0.3) is 0 Å². The minimum Gasteiger partial charge on any atom is -0.373 e. The Morgan fingerprint density at radius 3 is 2.68 bits per heavy atom. The van der Waals surface area contributed by atoms with Gasteiger partial charge in [0.05, 0.1) is 12.1 Å². The molecule has 2 amide bonds. The van der Waals surface area contributed by atoms with Crippen LogP contribution >= 0.6 is 0 Å². The van der Waals surface area contributed by atoms with Crippen LogP contribution in [0.5, 0.6) is 0 Å². The average Bonchev–Trinajstić information content (AvgIpc) is 2.76. The number of piperazine rings is 1. The lowest BCUT2D eigenvalue weighted by Gasteiger charge is -2.42. The second-order valence-corrected chi connectivity index (χ2v) is 6.27. The van der Waals surface area contributed by atoms with E-state index < -0.39 is 12.1 Å². The van der Waals surface area contributed by atoms with Gasteiger partial charge in [-0.25, -0.2) is 0 Å². The number of nitrogens with zero attached hydrogens (tertiary/aromatic N) is 1. The molecule has 3 atom stereocenters. The van der Waals surface area contributed by atoms with Gasteiger partial charge >= 0.3 is 0 Å². The van der Waals surface area contributed by atoms with Gasteiger partial charge in [0.15, 0.2) is 0 Å². The Bertz CT molecular complexity index is 375. The maximum absolute atomic E-state index is 12.5. The van der Waals surface area contributed by atoms with Crippen molar-refractivity contribution in [3.05, 3.63) is 0 Å². The third-order valence-electron chi connectivity index (χ3n) is 4.17. The summed E-state index contributed by atoms with van der Waals surface area (Å²) >= 11 is 0. The standard InChI is InChI=1S/C14H24N2O3/c1-9(2)11-13(18)16(10(3)12(17)15-11)8-14(4)6-5-7-19-14/h9-11H,5-8H2,1-4H3,(H,15,17). The van der Waals surface area contributed by atoms with Gasteiger partial charge in [0.1, 0.15) is 12.1 Å². The van der Waals surface area contributed by atoms with Crippen LogP contribution in [0.4, 0.5) is 0 Å². The van der Waals surface area contributed by atoms with Crippen molar-refractivity contribution in [2.45, 2.75) is 58.2 Å². The quantitative estimate of drug-likeness (QED) is 0.828. The van der Waals surface area contributed by atoms with Crippen molar-refractivity contribution < 1.29 is 14.3 Å². The van der Waals surface area contributed by atoms with Crippen LogP contribution in [0.25, 0.3) is 0 Å². The van der Waals surface area contributed by atoms with Crippen molar-refractivity contribution >= 4 is 11.8 Å². The first-order valence-electron chi connectivity index (χ1n) is 7.09. The van der Waals surface area contributed by atoms with Crippen LogP contribution in [0.2, 0.25) is 0 Å². The minimum atomic E-state index is -0.413. The molecule has 5 nitrogen and oxygen atoms in total. The molecule has 2 fully saturated rings. The molecule has 2 saturated heterocycles. The first-order valence-corrected chi connectivity index (χ1v) is 7.09. The molecule has 2 aliphatic rings. The van der Waals surface area contributed by atoms with E-state index in [1.807, 2.05) is 20.8 Å². The van der Waals surface area contributed by atoms with E-state index in [0.29, 0.717) is 6.54 Å². The summed E-state index contributed by atoms with van der Waals surface area (Å²) in [5, 5.41) is 2.81. The van der Waals surface area contributed by atoms with Crippen molar-refractivity contribution in [1.82, 2.24) is 10.2 Å². The molecule has 2 aliphatic heterocycles. The predicted octanol–water partition coefficient (Wildman–Crippen LogP) is 0.927. The van der Waals surface area contributed by atoms with Gasteiger partial charge in [-0.15, -0.1) is 0 Å². The molecule has 2 rings (SSSR count). The highest BCUT2D eigenvalue weighted by Gasteiger charge is 2.43. The molecule has 0 aromatic heterocycles. The largest absolute Gasteiger partial charge is 0.373 e. The zero-order valence-electron chi connectivity index (χ0n) is 12.2. The van der Waals surface area contributed by atoms with Gasteiger partial charge in [0.2, 0.25) is 11.8 Å². The Kier molecular flexibility index (Phi) is 3.85. The van der Waals surface area contributed by atoms with Crippen molar-refractivity contribution in [3.63, 3.8) is 0 Å².